The van der Waals surface area contributed by atoms with Gasteiger partial charge in [-0.2, -0.15) is 0 Å². The number of rotatable bonds is 2. The molecular formula is C15H18N4O. The summed E-state index contributed by atoms with van der Waals surface area (Å²) in [5, 5.41) is 18.1. The molecule has 104 valence electrons. The molecule has 20 heavy (non-hydrogen) atoms. The number of anilines is 2. The van der Waals surface area contributed by atoms with E-state index in [1.807, 2.05) is 18.2 Å². The number of benzene rings is 1. The fourth-order valence-corrected chi connectivity index (χ4v) is 2.60. The number of nitrogens with two attached hydrogens (primary N) is 1. The van der Waals surface area contributed by atoms with Crippen LogP contribution in [-0.2, 0) is 0 Å². The minimum Gasteiger partial charge on any atom is -0.507 e. The van der Waals surface area contributed by atoms with E-state index in [4.69, 9.17) is 5.73 Å². The minimum atomic E-state index is 0.205. The second-order valence-corrected chi connectivity index (χ2v) is 5.06. The van der Waals surface area contributed by atoms with Crippen molar-refractivity contribution in [3.8, 4) is 17.0 Å². The summed E-state index contributed by atoms with van der Waals surface area (Å²) in [6, 6.07) is 9.05. The summed E-state index contributed by atoms with van der Waals surface area (Å²) in [7, 11) is 0. The highest BCUT2D eigenvalue weighted by Crippen LogP contribution is 2.32. The molecule has 0 unspecified atom stereocenters. The summed E-state index contributed by atoms with van der Waals surface area (Å²) < 4.78 is 0. The number of aromatic hydroxyl groups is 1. The largest absolute Gasteiger partial charge is 0.507 e. The number of phenolic OH excluding ortho intramolecular Hbond substituents is 1. The lowest BCUT2D eigenvalue weighted by Gasteiger charge is -2.29. The van der Waals surface area contributed by atoms with Gasteiger partial charge in [-0.1, -0.05) is 12.1 Å². The number of nitrogen functional groups attached to an aromatic ring is 1. The van der Waals surface area contributed by atoms with Crippen LogP contribution in [0.1, 0.15) is 19.3 Å². The molecule has 5 heteroatoms. The molecule has 0 aliphatic carbocycles. The van der Waals surface area contributed by atoms with Crippen molar-refractivity contribution in [2.24, 2.45) is 0 Å². The lowest BCUT2D eigenvalue weighted by atomic mass is 10.1. The monoisotopic (exact) mass is 270 g/mol. The van der Waals surface area contributed by atoms with Gasteiger partial charge in [0.25, 0.3) is 0 Å². The van der Waals surface area contributed by atoms with E-state index in [9.17, 15) is 5.11 Å². The molecule has 1 aliphatic rings. The van der Waals surface area contributed by atoms with Crippen LogP contribution in [-0.4, -0.2) is 28.4 Å². The van der Waals surface area contributed by atoms with Crippen molar-refractivity contribution in [2.75, 3.05) is 23.7 Å². The molecule has 0 bridgehead atoms. The smallest absolute Gasteiger partial charge is 0.169 e. The van der Waals surface area contributed by atoms with Gasteiger partial charge in [0.2, 0.25) is 0 Å². The number of hydrogen-bond acceptors (Lipinski definition) is 5. The molecule has 2 heterocycles. The Morgan fingerprint density at radius 2 is 1.80 bits per heavy atom. The van der Waals surface area contributed by atoms with E-state index >= 15 is 0 Å². The van der Waals surface area contributed by atoms with Crippen LogP contribution < -0.4 is 10.6 Å². The van der Waals surface area contributed by atoms with Crippen LogP contribution in [0.5, 0.6) is 5.75 Å². The van der Waals surface area contributed by atoms with Crippen LogP contribution in [0.3, 0.4) is 0 Å². The van der Waals surface area contributed by atoms with E-state index in [1.54, 1.807) is 12.1 Å². The Hall–Kier alpha value is -2.30. The fourth-order valence-electron chi connectivity index (χ4n) is 2.60. The Labute approximate surface area is 118 Å². The zero-order valence-corrected chi connectivity index (χ0v) is 11.3. The van der Waals surface area contributed by atoms with Gasteiger partial charge in [0.1, 0.15) is 5.75 Å². The number of piperidine rings is 1. The first-order valence-electron chi connectivity index (χ1n) is 6.92. The molecule has 3 rings (SSSR count). The molecule has 1 saturated heterocycles. The molecule has 1 aromatic carbocycles. The number of nitrogens with zero attached hydrogens (tertiary/aromatic N) is 3. The number of hydrogen-bond donors (Lipinski definition) is 2. The van der Waals surface area contributed by atoms with Gasteiger partial charge in [-0.25, -0.2) is 0 Å². The zero-order valence-electron chi connectivity index (χ0n) is 11.3. The molecule has 1 fully saturated rings. The molecule has 0 atom stereocenters. The molecule has 1 aliphatic heterocycles. The van der Waals surface area contributed by atoms with E-state index in [-0.39, 0.29) is 5.75 Å². The second kappa shape index (κ2) is 5.36. The topological polar surface area (TPSA) is 75.3 Å². The summed E-state index contributed by atoms with van der Waals surface area (Å²) >= 11 is 0. The van der Waals surface area contributed by atoms with E-state index in [2.05, 4.69) is 15.1 Å². The maximum absolute atomic E-state index is 9.92. The average molecular weight is 270 g/mol. The van der Waals surface area contributed by atoms with Crippen LogP contribution in [0.4, 0.5) is 11.5 Å². The SMILES string of the molecule is Nc1nnc(-c2ccccc2O)cc1N1CCCCC1. The van der Waals surface area contributed by atoms with Crippen molar-refractivity contribution in [3.05, 3.63) is 30.3 Å². The van der Waals surface area contributed by atoms with Gasteiger partial charge in [-0.3, -0.25) is 0 Å². The van der Waals surface area contributed by atoms with E-state index in [0.29, 0.717) is 17.1 Å². The van der Waals surface area contributed by atoms with Crippen LogP contribution in [0.2, 0.25) is 0 Å². The number of aromatic nitrogens is 2. The molecule has 0 amide bonds. The highest BCUT2D eigenvalue weighted by molar-refractivity contribution is 5.73. The Bertz CT molecular complexity index is 609. The third kappa shape index (κ3) is 2.39. The Balaban J connectivity index is 2.00. The normalized spacial score (nSPS) is 15.3. The first-order valence-corrected chi connectivity index (χ1v) is 6.92. The van der Waals surface area contributed by atoms with Gasteiger partial charge in [0, 0.05) is 18.7 Å². The second-order valence-electron chi connectivity index (χ2n) is 5.06. The Morgan fingerprint density at radius 1 is 1.05 bits per heavy atom. The summed E-state index contributed by atoms with van der Waals surface area (Å²) in [6.45, 7) is 1.99. The van der Waals surface area contributed by atoms with Crippen molar-refractivity contribution >= 4 is 11.5 Å². The molecule has 0 spiro atoms. The molecule has 0 radical (unpaired) electrons. The maximum atomic E-state index is 9.92. The number of para-hydroxylation sites is 1. The van der Waals surface area contributed by atoms with E-state index in [1.165, 1.54) is 19.3 Å². The maximum Gasteiger partial charge on any atom is 0.169 e. The van der Waals surface area contributed by atoms with Crippen LogP contribution in [0, 0.1) is 0 Å². The molecule has 2 aromatic rings. The van der Waals surface area contributed by atoms with E-state index < -0.39 is 0 Å². The van der Waals surface area contributed by atoms with Gasteiger partial charge < -0.3 is 15.7 Å². The van der Waals surface area contributed by atoms with Gasteiger partial charge >= 0.3 is 0 Å². The third-order valence-electron chi connectivity index (χ3n) is 3.68. The van der Waals surface area contributed by atoms with E-state index in [0.717, 1.165) is 18.8 Å². The van der Waals surface area contributed by atoms with Crippen molar-refractivity contribution in [2.45, 2.75) is 19.3 Å². The lowest BCUT2D eigenvalue weighted by molar-refractivity contribution is 0.477. The van der Waals surface area contributed by atoms with Crippen LogP contribution in [0.25, 0.3) is 11.3 Å². The molecule has 3 N–H and O–H groups in total. The minimum absolute atomic E-state index is 0.205. The number of phenols is 1. The first kappa shape index (κ1) is 12.7. The molecule has 5 nitrogen and oxygen atoms in total. The molecule has 1 aromatic heterocycles. The summed E-state index contributed by atoms with van der Waals surface area (Å²) in [5.74, 6) is 0.655. The highest BCUT2D eigenvalue weighted by atomic mass is 16.3. The quantitative estimate of drug-likeness (QED) is 0.876. The average Bonchev–Trinajstić information content (AvgIpc) is 2.49. The van der Waals surface area contributed by atoms with Gasteiger partial charge in [0.15, 0.2) is 5.82 Å². The predicted molar refractivity (Wildman–Crippen MR) is 79.6 cm³/mol. The first-order chi connectivity index (χ1) is 9.75. The van der Waals surface area contributed by atoms with Crippen LogP contribution in [0.15, 0.2) is 30.3 Å². The fraction of sp³-hybridized carbons (Fsp3) is 0.333. The summed E-state index contributed by atoms with van der Waals surface area (Å²) in [5.41, 5.74) is 8.20. The van der Waals surface area contributed by atoms with Crippen molar-refractivity contribution < 1.29 is 5.11 Å². The lowest BCUT2D eigenvalue weighted by Crippen LogP contribution is -2.30. The van der Waals surface area contributed by atoms with Crippen molar-refractivity contribution in [1.29, 1.82) is 0 Å². The summed E-state index contributed by atoms with van der Waals surface area (Å²) in [4.78, 5) is 2.25. The van der Waals surface area contributed by atoms with Crippen LogP contribution >= 0.6 is 0 Å². The predicted octanol–water partition coefficient (Wildman–Crippen LogP) is 2.42. The van der Waals surface area contributed by atoms with Gasteiger partial charge in [-0.15, -0.1) is 10.2 Å². The highest BCUT2D eigenvalue weighted by Gasteiger charge is 2.16. The Kier molecular flexibility index (Phi) is 3.41. The molecule has 0 saturated carbocycles. The zero-order chi connectivity index (χ0) is 13.9. The van der Waals surface area contributed by atoms with Gasteiger partial charge in [0.05, 0.1) is 11.4 Å². The summed E-state index contributed by atoms with van der Waals surface area (Å²) in [6.07, 6.45) is 3.61. The van der Waals surface area contributed by atoms with Crippen molar-refractivity contribution in [1.82, 2.24) is 10.2 Å². The molecular weight excluding hydrogens is 252 g/mol. The third-order valence-corrected chi connectivity index (χ3v) is 3.68. The standard InChI is InChI=1S/C15H18N4O/c16-15-13(19-8-4-1-5-9-19)10-12(17-18-15)11-6-2-3-7-14(11)20/h2-3,6-7,10,20H,1,4-5,8-9H2,(H2,16,18). The van der Waals surface area contributed by atoms with Gasteiger partial charge in [-0.05, 0) is 37.5 Å². The Morgan fingerprint density at radius 3 is 2.55 bits per heavy atom. The van der Waals surface area contributed by atoms with Crippen molar-refractivity contribution in [3.63, 3.8) is 0 Å².